The molecule has 4 fully saturated rings. The van der Waals surface area contributed by atoms with Crippen LogP contribution >= 0.6 is 11.6 Å². The molecule has 4 aliphatic carbocycles. The van der Waals surface area contributed by atoms with Crippen molar-refractivity contribution in [2.75, 3.05) is 88.1 Å². The number of benzene rings is 4. The highest BCUT2D eigenvalue weighted by molar-refractivity contribution is 6.30. The smallest absolute Gasteiger partial charge is 0.0884 e. The van der Waals surface area contributed by atoms with E-state index in [9.17, 15) is 0 Å². The third-order valence-corrected chi connectivity index (χ3v) is 14.2. The van der Waals surface area contributed by atoms with Gasteiger partial charge < -0.3 is 19.2 Å². The number of quaternary nitrogens is 1. The zero-order valence-electron chi connectivity index (χ0n) is 38.0. The molecule has 4 aromatic carbocycles. The average molecular weight is 855 g/mol. The molecule has 0 unspecified atom stereocenters. The van der Waals surface area contributed by atoms with Gasteiger partial charge in [-0.3, -0.25) is 0 Å². The molecule has 0 bridgehead atoms. The average Bonchev–Trinajstić information content (AvgIpc) is 4.13. The number of rotatable bonds is 15. The Bertz CT molecular complexity index is 1740. The minimum absolute atomic E-state index is 0. The van der Waals surface area contributed by atoms with Gasteiger partial charge in [0.05, 0.1) is 26.2 Å². The van der Waals surface area contributed by atoms with Crippen LogP contribution in [0.25, 0.3) is 0 Å². The van der Waals surface area contributed by atoms with Gasteiger partial charge in [-0.25, -0.2) is 0 Å². The quantitative estimate of drug-likeness (QED) is 0.110. The standard InChI is InChI=1S/C16H26N.C13H19N.C12H16ClN.C12H17N.3CH4/c1-4-17(5-2,6-3)14-16(12-13-16)15-10-8-7-9-11-15;1-14(2)11-13(9-6-10-13)12-7-4-3-5-8-12;1-14(2)9-12(7-8-12)10-3-5-11(13)6-4-10;1-13(2)10-12(8-9-12)11-6-4-3-5-7-11;;;/h7-11H,4-6,12-14H2,1-3H3;3-5,7-8H,6,9-11H2,1-2H3;3-6H,7-9H2,1-2H3;3-7H,8-10H2,1-2H3;3*1H4/q+1;;;;;;. The van der Waals surface area contributed by atoms with E-state index in [0.717, 1.165) is 11.6 Å². The first-order valence-electron chi connectivity index (χ1n) is 22.5. The van der Waals surface area contributed by atoms with Crippen LogP contribution in [0.5, 0.6) is 0 Å². The summed E-state index contributed by atoms with van der Waals surface area (Å²) in [6, 6.07) is 41.3. The van der Waals surface area contributed by atoms with Crippen LogP contribution in [0.2, 0.25) is 5.02 Å². The molecule has 0 radical (unpaired) electrons. The summed E-state index contributed by atoms with van der Waals surface area (Å²) in [5, 5.41) is 0.828. The van der Waals surface area contributed by atoms with Crippen molar-refractivity contribution in [3.63, 3.8) is 0 Å². The van der Waals surface area contributed by atoms with Gasteiger partial charge >= 0.3 is 0 Å². The Morgan fingerprint density at radius 1 is 0.410 bits per heavy atom. The maximum atomic E-state index is 5.88. The summed E-state index contributed by atoms with van der Waals surface area (Å²) in [6.45, 7) is 15.7. The third kappa shape index (κ3) is 14.8. The van der Waals surface area contributed by atoms with Gasteiger partial charge in [0.1, 0.15) is 0 Å². The van der Waals surface area contributed by atoms with E-state index in [4.69, 9.17) is 11.6 Å². The van der Waals surface area contributed by atoms with Gasteiger partial charge in [0.25, 0.3) is 0 Å². The molecule has 4 aliphatic rings. The summed E-state index contributed by atoms with van der Waals surface area (Å²) in [5.74, 6) is 0. The molecular formula is C56H90ClN4+. The van der Waals surface area contributed by atoms with E-state index in [1.165, 1.54) is 118 Å². The van der Waals surface area contributed by atoms with E-state index < -0.39 is 0 Å². The van der Waals surface area contributed by atoms with Gasteiger partial charge in [-0.1, -0.05) is 143 Å². The van der Waals surface area contributed by atoms with Gasteiger partial charge in [-0.2, -0.15) is 0 Å². The minimum atomic E-state index is 0. The Hall–Kier alpha value is -2.99. The van der Waals surface area contributed by atoms with E-state index >= 15 is 0 Å². The molecule has 8 rings (SSSR count). The lowest BCUT2D eigenvalue weighted by molar-refractivity contribution is -0.925. The maximum absolute atomic E-state index is 5.88. The third-order valence-electron chi connectivity index (χ3n) is 14.0. The number of hydrogen-bond donors (Lipinski definition) is 0. The van der Waals surface area contributed by atoms with Crippen LogP contribution in [0.15, 0.2) is 115 Å². The highest BCUT2D eigenvalue weighted by Gasteiger charge is 2.50. The van der Waals surface area contributed by atoms with E-state index in [1.54, 1.807) is 5.56 Å². The Morgan fingerprint density at radius 2 is 0.689 bits per heavy atom. The second-order valence-electron chi connectivity index (χ2n) is 19.2. The summed E-state index contributed by atoms with van der Waals surface area (Å²) in [5.41, 5.74) is 7.93. The van der Waals surface area contributed by atoms with Gasteiger partial charge in [0, 0.05) is 46.3 Å². The van der Waals surface area contributed by atoms with Crippen LogP contribution in [-0.2, 0) is 21.7 Å². The Morgan fingerprint density at radius 3 is 0.934 bits per heavy atom. The molecule has 5 heteroatoms. The molecule has 0 aromatic heterocycles. The van der Waals surface area contributed by atoms with Crippen molar-refractivity contribution in [2.45, 2.75) is 122 Å². The fraction of sp³-hybridized carbons (Fsp3) is 0.571. The fourth-order valence-electron chi connectivity index (χ4n) is 9.85. The van der Waals surface area contributed by atoms with Gasteiger partial charge in [-0.15, -0.1) is 0 Å². The molecule has 61 heavy (non-hydrogen) atoms. The molecule has 0 atom stereocenters. The lowest BCUT2D eigenvalue weighted by atomic mass is 9.64. The largest absolute Gasteiger partial charge is 0.324 e. The topological polar surface area (TPSA) is 9.72 Å². The predicted octanol–water partition coefficient (Wildman–Crippen LogP) is 13.4. The lowest BCUT2D eigenvalue weighted by Gasteiger charge is -2.44. The van der Waals surface area contributed by atoms with Crippen molar-refractivity contribution in [3.05, 3.63) is 143 Å². The van der Waals surface area contributed by atoms with E-state index in [-0.39, 0.29) is 22.3 Å². The molecule has 0 heterocycles. The van der Waals surface area contributed by atoms with E-state index in [1.807, 2.05) is 12.1 Å². The summed E-state index contributed by atoms with van der Waals surface area (Å²) >= 11 is 5.88. The second kappa shape index (κ2) is 24.2. The van der Waals surface area contributed by atoms with Crippen molar-refractivity contribution >= 4 is 11.6 Å². The highest BCUT2D eigenvalue weighted by atomic mass is 35.5. The summed E-state index contributed by atoms with van der Waals surface area (Å²) in [6.07, 6.45) is 12.2. The second-order valence-corrected chi connectivity index (χ2v) is 19.7. The Labute approximate surface area is 382 Å². The minimum Gasteiger partial charge on any atom is -0.324 e. The van der Waals surface area contributed by atoms with E-state index in [0.29, 0.717) is 21.7 Å². The summed E-state index contributed by atoms with van der Waals surface area (Å²) in [4.78, 5) is 6.87. The summed E-state index contributed by atoms with van der Waals surface area (Å²) in [7, 11) is 12.9. The van der Waals surface area contributed by atoms with Crippen LogP contribution in [0.1, 0.15) is 123 Å². The fourth-order valence-corrected chi connectivity index (χ4v) is 9.98. The van der Waals surface area contributed by atoms with Gasteiger partial charge in [0.2, 0.25) is 0 Å². The van der Waals surface area contributed by atoms with Crippen molar-refractivity contribution < 1.29 is 4.48 Å². The highest BCUT2D eigenvalue weighted by Crippen LogP contribution is 2.51. The number of halogens is 1. The van der Waals surface area contributed by atoms with Crippen LogP contribution < -0.4 is 0 Å². The Balaban J connectivity index is 0.000000277. The number of likely N-dealkylation sites (N-methyl/N-ethyl adjacent to an activating group) is 4. The number of hydrogen-bond acceptors (Lipinski definition) is 3. The zero-order valence-corrected chi connectivity index (χ0v) is 38.7. The van der Waals surface area contributed by atoms with Crippen LogP contribution in [0, 0.1) is 0 Å². The molecule has 4 nitrogen and oxygen atoms in total. The van der Waals surface area contributed by atoms with Gasteiger partial charge in [0.15, 0.2) is 0 Å². The number of nitrogens with zero attached hydrogens (tertiary/aromatic N) is 4. The normalized spacial score (nSPS) is 17.8. The molecule has 0 aliphatic heterocycles. The molecule has 340 valence electrons. The monoisotopic (exact) mass is 854 g/mol. The molecule has 4 aromatic rings. The van der Waals surface area contributed by atoms with Gasteiger partial charge in [-0.05, 0) is 149 Å². The van der Waals surface area contributed by atoms with Crippen molar-refractivity contribution in [2.24, 2.45) is 0 Å². The van der Waals surface area contributed by atoms with Crippen LogP contribution in [0.3, 0.4) is 0 Å². The molecule has 0 amide bonds. The SMILES string of the molecule is C.C.C.CC[N+](CC)(CC)CC1(c2ccccc2)CC1.CN(C)CC1(c2ccc(Cl)cc2)CC1.CN(C)CC1(c2ccccc2)CC1.CN(C)CC1(c2ccccc2)CCC1. The van der Waals surface area contributed by atoms with Crippen molar-refractivity contribution in [1.29, 1.82) is 0 Å². The molecule has 0 spiro atoms. The van der Waals surface area contributed by atoms with Crippen molar-refractivity contribution in [1.82, 2.24) is 14.7 Å². The van der Waals surface area contributed by atoms with Crippen LogP contribution in [-0.4, -0.2) is 107 Å². The molecule has 0 N–H and O–H groups in total. The molecular weight excluding hydrogens is 764 g/mol. The lowest BCUT2D eigenvalue weighted by Crippen LogP contribution is -2.51. The molecule has 4 saturated carbocycles. The van der Waals surface area contributed by atoms with E-state index in [2.05, 4.69) is 181 Å². The first-order chi connectivity index (χ1) is 27.8. The first kappa shape index (κ1) is 54.1. The van der Waals surface area contributed by atoms with Crippen LogP contribution in [0.4, 0.5) is 0 Å². The summed E-state index contributed by atoms with van der Waals surface area (Å²) < 4.78 is 1.27. The van der Waals surface area contributed by atoms with Crippen molar-refractivity contribution in [3.8, 4) is 0 Å². The predicted molar refractivity (Wildman–Crippen MR) is 272 cm³/mol. The zero-order chi connectivity index (χ0) is 41.9. The maximum Gasteiger partial charge on any atom is 0.0884 e. The Kier molecular flexibility index (Phi) is 21.5. The molecule has 0 saturated heterocycles. The first-order valence-corrected chi connectivity index (χ1v) is 22.9.